The number of aromatic nitrogens is 2. The van der Waals surface area contributed by atoms with Gasteiger partial charge in [-0.15, -0.1) is 0 Å². The van der Waals surface area contributed by atoms with Crippen molar-refractivity contribution in [1.29, 1.82) is 0 Å². The van der Waals surface area contributed by atoms with Crippen LogP contribution in [0.15, 0.2) is 12.4 Å². The summed E-state index contributed by atoms with van der Waals surface area (Å²) in [7, 11) is 0. The molecule has 0 radical (unpaired) electrons. The summed E-state index contributed by atoms with van der Waals surface area (Å²) >= 11 is 0. The molecule has 3 rings (SSSR count). The maximum atomic E-state index is 12.2. The minimum absolute atomic E-state index is 0.121. The number of hydrogen-bond acceptors (Lipinski definition) is 4. The molecule has 0 spiro atoms. The first kappa shape index (κ1) is 16.5. The molecule has 0 bridgehead atoms. The van der Waals surface area contributed by atoms with Crippen LogP contribution in [0.4, 0.5) is 0 Å². The number of aryl methyl sites for hydroxylation is 1. The summed E-state index contributed by atoms with van der Waals surface area (Å²) < 4.78 is 2.18. The molecule has 2 aliphatic heterocycles. The van der Waals surface area contributed by atoms with E-state index in [1.807, 2.05) is 19.3 Å². The van der Waals surface area contributed by atoms with Gasteiger partial charge in [-0.1, -0.05) is 6.42 Å². The zero-order valence-corrected chi connectivity index (χ0v) is 14.2. The zero-order chi connectivity index (χ0) is 16.3. The lowest BCUT2D eigenvalue weighted by molar-refractivity contribution is -0.135. The highest BCUT2D eigenvalue weighted by Gasteiger charge is 2.44. The Balaban J connectivity index is 1.56. The molecule has 0 saturated carbocycles. The highest BCUT2D eigenvalue weighted by molar-refractivity contribution is 5.84. The van der Waals surface area contributed by atoms with Crippen LogP contribution in [-0.2, 0) is 11.3 Å². The Kier molecular flexibility index (Phi) is 5.02. The molecule has 2 fully saturated rings. The van der Waals surface area contributed by atoms with Crippen molar-refractivity contribution >= 4 is 5.91 Å². The number of rotatable bonds is 5. The van der Waals surface area contributed by atoms with Crippen molar-refractivity contribution < 1.29 is 4.79 Å². The molecule has 6 heteroatoms. The van der Waals surface area contributed by atoms with Gasteiger partial charge in [-0.3, -0.25) is 9.69 Å². The second kappa shape index (κ2) is 7.01. The molecule has 128 valence electrons. The Morgan fingerprint density at radius 3 is 2.43 bits per heavy atom. The van der Waals surface area contributed by atoms with Gasteiger partial charge < -0.3 is 15.2 Å². The Bertz CT molecular complexity index is 527. The first-order valence-corrected chi connectivity index (χ1v) is 8.87. The van der Waals surface area contributed by atoms with Crippen LogP contribution in [0.3, 0.4) is 0 Å². The predicted molar refractivity (Wildman–Crippen MR) is 90.0 cm³/mol. The molecule has 1 aromatic rings. The number of amides is 1. The summed E-state index contributed by atoms with van der Waals surface area (Å²) in [5.74, 6) is 0.936. The molecule has 3 heterocycles. The highest BCUT2D eigenvalue weighted by atomic mass is 16.1. The van der Waals surface area contributed by atoms with Crippen LogP contribution in [-0.4, -0.2) is 63.5 Å². The summed E-state index contributed by atoms with van der Waals surface area (Å²) in [5.41, 5.74) is 5.44. The lowest BCUT2D eigenvalue weighted by Crippen LogP contribution is -2.63. The second-order valence-electron chi connectivity index (χ2n) is 6.95. The first-order chi connectivity index (χ1) is 11.1. The maximum Gasteiger partial charge on any atom is 0.238 e. The molecule has 0 aliphatic carbocycles. The van der Waals surface area contributed by atoms with Gasteiger partial charge in [0.1, 0.15) is 11.4 Å². The minimum atomic E-state index is -0.401. The van der Waals surface area contributed by atoms with E-state index in [1.54, 1.807) is 0 Å². The van der Waals surface area contributed by atoms with E-state index in [2.05, 4.69) is 19.4 Å². The number of primary amides is 1. The van der Waals surface area contributed by atoms with E-state index in [0.29, 0.717) is 0 Å². The van der Waals surface area contributed by atoms with Crippen molar-refractivity contribution in [2.45, 2.75) is 51.1 Å². The topological polar surface area (TPSA) is 67.4 Å². The van der Waals surface area contributed by atoms with Crippen molar-refractivity contribution in [3.63, 3.8) is 0 Å². The number of hydrogen-bond donors (Lipinski definition) is 1. The molecule has 2 N–H and O–H groups in total. The molecule has 6 nitrogen and oxygen atoms in total. The van der Waals surface area contributed by atoms with E-state index < -0.39 is 5.54 Å². The molecule has 1 amide bonds. The van der Waals surface area contributed by atoms with Crippen LogP contribution in [0.5, 0.6) is 0 Å². The van der Waals surface area contributed by atoms with E-state index in [0.717, 1.165) is 57.9 Å². The standard InChI is InChI=1S/C17H29N5O/c1-15-19-7-12-21(15)14-13-20-10-5-17(6-11-20,16(18)23)22-8-3-2-4-9-22/h7,12H,2-6,8-11,13-14H2,1H3,(H2,18,23). The van der Waals surface area contributed by atoms with Gasteiger partial charge in [-0.2, -0.15) is 0 Å². The van der Waals surface area contributed by atoms with Gasteiger partial charge in [0.25, 0.3) is 0 Å². The van der Waals surface area contributed by atoms with Crippen LogP contribution >= 0.6 is 0 Å². The number of piperidine rings is 2. The molecule has 2 saturated heterocycles. The van der Waals surface area contributed by atoms with Gasteiger partial charge in [0.05, 0.1) is 0 Å². The van der Waals surface area contributed by atoms with Gasteiger partial charge in [-0.25, -0.2) is 4.98 Å². The minimum Gasteiger partial charge on any atom is -0.368 e. The van der Waals surface area contributed by atoms with Crippen molar-refractivity contribution in [3.05, 3.63) is 18.2 Å². The van der Waals surface area contributed by atoms with Gasteiger partial charge in [0.2, 0.25) is 5.91 Å². The molecule has 0 unspecified atom stereocenters. The molecule has 0 atom stereocenters. The third kappa shape index (κ3) is 3.43. The van der Waals surface area contributed by atoms with Crippen LogP contribution in [0.1, 0.15) is 37.9 Å². The van der Waals surface area contributed by atoms with Crippen molar-refractivity contribution in [1.82, 2.24) is 19.4 Å². The van der Waals surface area contributed by atoms with E-state index in [-0.39, 0.29) is 5.91 Å². The van der Waals surface area contributed by atoms with Crippen molar-refractivity contribution in [2.24, 2.45) is 5.73 Å². The van der Waals surface area contributed by atoms with Gasteiger partial charge in [-0.05, 0) is 45.7 Å². The van der Waals surface area contributed by atoms with E-state index in [9.17, 15) is 4.79 Å². The number of imidazole rings is 1. The number of carbonyl (C=O) groups excluding carboxylic acids is 1. The fourth-order valence-corrected chi connectivity index (χ4v) is 4.08. The number of carbonyl (C=O) groups is 1. The van der Waals surface area contributed by atoms with Crippen LogP contribution < -0.4 is 5.73 Å². The average Bonchev–Trinajstić information content (AvgIpc) is 2.99. The van der Waals surface area contributed by atoms with Crippen LogP contribution in [0, 0.1) is 6.92 Å². The second-order valence-corrected chi connectivity index (χ2v) is 6.95. The maximum absolute atomic E-state index is 12.2. The number of likely N-dealkylation sites (tertiary alicyclic amines) is 2. The summed E-state index contributed by atoms with van der Waals surface area (Å²) in [4.78, 5) is 21.3. The van der Waals surface area contributed by atoms with E-state index in [1.165, 1.54) is 19.3 Å². The van der Waals surface area contributed by atoms with E-state index in [4.69, 9.17) is 5.73 Å². The fourth-order valence-electron chi connectivity index (χ4n) is 4.08. The smallest absolute Gasteiger partial charge is 0.238 e. The van der Waals surface area contributed by atoms with Crippen LogP contribution in [0.2, 0.25) is 0 Å². The Morgan fingerprint density at radius 1 is 1.17 bits per heavy atom. The monoisotopic (exact) mass is 319 g/mol. The van der Waals surface area contributed by atoms with Gasteiger partial charge in [0, 0.05) is 38.6 Å². The number of nitrogens with two attached hydrogens (primary N) is 1. The van der Waals surface area contributed by atoms with Crippen molar-refractivity contribution in [2.75, 3.05) is 32.7 Å². The quantitative estimate of drug-likeness (QED) is 0.879. The van der Waals surface area contributed by atoms with Crippen LogP contribution in [0.25, 0.3) is 0 Å². The lowest BCUT2D eigenvalue weighted by atomic mass is 9.83. The third-order valence-corrected chi connectivity index (χ3v) is 5.68. The highest BCUT2D eigenvalue weighted by Crippen LogP contribution is 2.31. The average molecular weight is 319 g/mol. The summed E-state index contributed by atoms with van der Waals surface area (Å²) in [5, 5.41) is 0. The fraction of sp³-hybridized carbons (Fsp3) is 0.765. The molecule has 23 heavy (non-hydrogen) atoms. The molecule has 1 aromatic heterocycles. The molecule has 0 aromatic carbocycles. The summed E-state index contributed by atoms with van der Waals surface area (Å²) in [6.45, 7) is 7.95. The van der Waals surface area contributed by atoms with Gasteiger partial charge >= 0.3 is 0 Å². The van der Waals surface area contributed by atoms with E-state index >= 15 is 0 Å². The molecular weight excluding hydrogens is 290 g/mol. The first-order valence-electron chi connectivity index (χ1n) is 8.87. The third-order valence-electron chi connectivity index (χ3n) is 5.68. The Morgan fingerprint density at radius 2 is 1.87 bits per heavy atom. The predicted octanol–water partition coefficient (Wildman–Crippen LogP) is 0.997. The molecular formula is C17H29N5O. The lowest BCUT2D eigenvalue weighted by Gasteiger charge is -2.48. The SMILES string of the molecule is Cc1nccn1CCN1CCC(C(N)=O)(N2CCCCC2)CC1. The Hall–Kier alpha value is -1.40. The van der Waals surface area contributed by atoms with Gasteiger partial charge in [0.15, 0.2) is 0 Å². The van der Waals surface area contributed by atoms with Crippen molar-refractivity contribution in [3.8, 4) is 0 Å². The summed E-state index contributed by atoms with van der Waals surface area (Å²) in [6, 6.07) is 0. The Labute approximate surface area is 138 Å². The zero-order valence-electron chi connectivity index (χ0n) is 14.2. The normalized spacial score (nSPS) is 23.0. The number of nitrogens with zero attached hydrogens (tertiary/aromatic N) is 4. The largest absolute Gasteiger partial charge is 0.368 e. The molecule has 2 aliphatic rings. The summed E-state index contributed by atoms with van der Waals surface area (Å²) in [6.07, 6.45) is 9.27.